The highest BCUT2D eigenvalue weighted by molar-refractivity contribution is 8.14. The Morgan fingerprint density at radius 1 is 1.27 bits per heavy atom. The highest BCUT2D eigenvalue weighted by Crippen LogP contribution is 2.36. The van der Waals surface area contributed by atoms with Crippen LogP contribution in [0.2, 0.25) is 0 Å². The average molecular weight is 480 g/mol. The molecule has 1 unspecified atom stereocenters. The first-order valence-corrected chi connectivity index (χ1v) is 10.4. The van der Waals surface area contributed by atoms with Crippen LogP contribution in [0.3, 0.4) is 0 Å². The van der Waals surface area contributed by atoms with Gasteiger partial charge in [-0.2, -0.15) is 13.2 Å². The Kier molecular flexibility index (Phi) is 6.13. The van der Waals surface area contributed by atoms with Gasteiger partial charge in [0.25, 0.3) is 5.89 Å². The minimum Gasteiger partial charge on any atom is -0.386 e. The molecule has 0 spiro atoms. The fourth-order valence-electron chi connectivity index (χ4n) is 2.85. The number of carbonyl (C=O) groups excluding carboxylic acids is 1. The minimum absolute atomic E-state index is 0.108. The van der Waals surface area contributed by atoms with E-state index in [9.17, 15) is 22.8 Å². The van der Waals surface area contributed by atoms with Gasteiger partial charge in [0, 0.05) is 29.6 Å². The maximum Gasteiger partial charge on any atom is 0.434 e. The Hall–Kier alpha value is -3.75. The molecular weight excluding hydrogens is 465 g/mol. The predicted octanol–water partition coefficient (Wildman–Crippen LogP) is 2.45. The molecule has 15 heteroatoms. The van der Waals surface area contributed by atoms with Crippen molar-refractivity contribution in [1.82, 2.24) is 30.5 Å². The monoisotopic (exact) mass is 480 g/mol. The van der Waals surface area contributed by atoms with Crippen molar-refractivity contribution in [2.75, 3.05) is 17.6 Å². The fourth-order valence-corrected chi connectivity index (χ4v) is 3.96. The highest BCUT2D eigenvalue weighted by Gasteiger charge is 2.43. The van der Waals surface area contributed by atoms with Crippen molar-refractivity contribution in [2.45, 2.75) is 19.1 Å². The molecule has 0 aromatic carbocycles. The number of amides is 2. The Balaban J connectivity index is 1.78. The number of halogens is 3. The van der Waals surface area contributed by atoms with Gasteiger partial charge in [-0.3, -0.25) is 15.3 Å². The van der Waals surface area contributed by atoms with Crippen molar-refractivity contribution in [3.05, 3.63) is 40.8 Å². The maximum atomic E-state index is 13.2. The summed E-state index contributed by atoms with van der Waals surface area (Å²) in [5.74, 6) is -1.05. The number of hydrogen-bond donors (Lipinski definition) is 3. The van der Waals surface area contributed by atoms with Gasteiger partial charge in [0.15, 0.2) is 6.04 Å². The molecule has 3 N–H and O–H groups in total. The van der Waals surface area contributed by atoms with Crippen molar-refractivity contribution in [3.8, 4) is 22.8 Å². The van der Waals surface area contributed by atoms with Crippen LogP contribution in [-0.2, 0) is 0 Å². The molecule has 2 amide bonds. The number of nitrogens with zero attached hydrogens (tertiary/aromatic N) is 5. The highest BCUT2D eigenvalue weighted by atomic mass is 32.2. The molecule has 0 bridgehead atoms. The number of carbonyl (C=O) groups is 1. The van der Waals surface area contributed by atoms with Crippen LogP contribution in [0.5, 0.6) is 0 Å². The number of H-pyrrole nitrogens is 1. The summed E-state index contributed by atoms with van der Waals surface area (Å²) in [6, 6.07) is -0.958. The quantitative estimate of drug-likeness (QED) is 0.504. The number of aromatic nitrogens is 5. The Morgan fingerprint density at radius 3 is 2.73 bits per heavy atom. The molecule has 11 nitrogen and oxygen atoms in total. The van der Waals surface area contributed by atoms with Crippen LogP contribution in [0.1, 0.15) is 12.5 Å². The molecule has 4 rings (SSSR count). The van der Waals surface area contributed by atoms with Crippen molar-refractivity contribution in [2.24, 2.45) is 4.99 Å². The normalized spacial score (nSPS) is 15.9. The largest absolute Gasteiger partial charge is 0.434 e. The van der Waals surface area contributed by atoms with Gasteiger partial charge in [0.05, 0.1) is 23.1 Å². The lowest BCUT2D eigenvalue weighted by molar-refractivity contribution is -0.141. The first-order valence-electron chi connectivity index (χ1n) is 9.45. The van der Waals surface area contributed by atoms with Gasteiger partial charge in [-0.25, -0.2) is 24.7 Å². The summed E-state index contributed by atoms with van der Waals surface area (Å²) >= 11 is 0.930. The molecule has 1 aliphatic rings. The van der Waals surface area contributed by atoms with Crippen LogP contribution >= 0.6 is 11.8 Å². The van der Waals surface area contributed by atoms with Gasteiger partial charge in [-0.1, -0.05) is 0 Å². The zero-order chi connectivity index (χ0) is 23.6. The number of rotatable bonds is 5. The first kappa shape index (κ1) is 22.4. The second kappa shape index (κ2) is 9.01. The molecular formula is C18H15F3N8O3S. The lowest BCUT2D eigenvalue weighted by atomic mass is 10.1. The molecule has 0 radical (unpaired) electrons. The predicted molar refractivity (Wildman–Crippen MR) is 113 cm³/mol. The standard InChI is InChI=1S/C18H15F3N8O3S/c1-2-23-16(30)27-13-3-8(15-26-12(7-33-15)18(19,20)21)9(4-24-13)10-5-22-6-11(25-10)14-28-29-17(31)32-14/h3-6,12H,2,7H2,1H3,(H,29,31)(H2,23,24,27,30). The second-order valence-electron chi connectivity index (χ2n) is 6.61. The minimum atomic E-state index is -4.48. The molecule has 1 aliphatic heterocycles. The van der Waals surface area contributed by atoms with Crippen LogP contribution in [0.25, 0.3) is 22.8 Å². The SMILES string of the molecule is CCNC(=O)Nc1cc(C2=NC(C(F)(F)F)CS2)c(-c2cncc(-c3n[nH]c(=O)o3)n2)cn1. The van der Waals surface area contributed by atoms with E-state index >= 15 is 0 Å². The summed E-state index contributed by atoms with van der Waals surface area (Å²) in [7, 11) is 0. The van der Waals surface area contributed by atoms with E-state index in [0.29, 0.717) is 12.1 Å². The van der Waals surface area contributed by atoms with Gasteiger partial charge in [-0.05, 0) is 13.0 Å². The molecule has 1 atom stereocenters. The molecule has 0 saturated heterocycles. The molecule has 4 heterocycles. The van der Waals surface area contributed by atoms with Crippen LogP contribution in [0, 0.1) is 0 Å². The Bertz CT molecular complexity index is 1270. The number of aromatic amines is 1. The number of urea groups is 1. The van der Waals surface area contributed by atoms with Gasteiger partial charge in [0.1, 0.15) is 11.5 Å². The topological polar surface area (TPSA) is 151 Å². The first-order chi connectivity index (χ1) is 15.7. The summed E-state index contributed by atoms with van der Waals surface area (Å²) < 4.78 is 44.4. The molecule has 33 heavy (non-hydrogen) atoms. The van der Waals surface area contributed by atoms with Crippen molar-refractivity contribution in [1.29, 1.82) is 0 Å². The van der Waals surface area contributed by atoms with Crippen LogP contribution in [0.4, 0.5) is 23.8 Å². The summed E-state index contributed by atoms with van der Waals surface area (Å²) in [5, 5.41) is 11.0. The maximum absolute atomic E-state index is 13.2. The van der Waals surface area contributed by atoms with Crippen molar-refractivity contribution >= 4 is 28.7 Å². The molecule has 172 valence electrons. The van der Waals surface area contributed by atoms with E-state index in [1.807, 2.05) is 0 Å². The number of alkyl halides is 3. The van der Waals surface area contributed by atoms with Crippen LogP contribution in [-0.4, -0.2) is 60.7 Å². The van der Waals surface area contributed by atoms with Crippen LogP contribution in [0.15, 0.2) is 38.9 Å². The van der Waals surface area contributed by atoms with Gasteiger partial charge < -0.3 is 9.73 Å². The van der Waals surface area contributed by atoms with Gasteiger partial charge in [-0.15, -0.1) is 16.9 Å². The van der Waals surface area contributed by atoms with Crippen molar-refractivity contribution < 1.29 is 22.4 Å². The third-order valence-corrected chi connectivity index (χ3v) is 5.39. The van der Waals surface area contributed by atoms with Gasteiger partial charge in [0.2, 0.25) is 0 Å². The zero-order valence-electron chi connectivity index (χ0n) is 16.8. The summed E-state index contributed by atoms with van der Waals surface area (Å²) in [4.78, 5) is 39.5. The second-order valence-corrected chi connectivity index (χ2v) is 7.62. The van der Waals surface area contributed by atoms with E-state index in [1.54, 1.807) is 6.92 Å². The summed E-state index contributed by atoms with van der Waals surface area (Å²) in [5.41, 5.74) is 0.945. The number of thioether (sulfide) groups is 1. The number of hydrogen-bond acceptors (Lipinski definition) is 9. The smallest absolute Gasteiger partial charge is 0.386 e. The summed E-state index contributed by atoms with van der Waals surface area (Å²) in [6.07, 6.45) is -0.466. The van der Waals surface area contributed by atoms with E-state index < -0.39 is 24.0 Å². The van der Waals surface area contributed by atoms with E-state index in [-0.39, 0.29) is 39.5 Å². The number of pyridine rings is 1. The van der Waals surface area contributed by atoms with Crippen molar-refractivity contribution in [3.63, 3.8) is 0 Å². The third-order valence-electron chi connectivity index (χ3n) is 4.31. The van der Waals surface area contributed by atoms with E-state index in [2.05, 4.69) is 40.8 Å². The Labute approximate surface area is 187 Å². The lowest BCUT2D eigenvalue weighted by Crippen LogP contribution is -2.28. The van der Waals surface area contributed by atoms with E-state index in [0.717, 1.165) is 11.8 Å². The lowest BCUT2D eigenvalue weighted by Gasteiger charge is -2.12. The summed E-state index contributed by atoms with van der Waals surface area (Å²) in [6.45, 7) is 2.11. The Morgan fingerprint density at radius 2 is 2.06 bits per heavy atom. The molecule has 3 aromatic heterocycles. The zero-order valence-corrected chi connectivity index (χ0v) is 17.6. The average Bonchev–Trinajstić information content (AvgIpc) is 3.43. The van der Waals surface area contributed by atoms with E-state index in [1.165, 1.54) is 24.7 Å². The number of nitrogens with one attached hydrogen (secondary N) is 3. The van der Waals surface area contributed by atoms with E-state index in [4.69, 9.17) is 4.42 Å². The number of aliphatic imine (C=N–C) groups is 1. The number of anilines is 1. The fraction of sp³-hybridized carbons (Fsp3) is 0.278. The van der Waals surface area contributed by atoms with Gasteiger partial charge >= 0.3 is 18.0 Å². The van der Waals surface area contributed by atoms with Crippen LogP contribution < -0.4 is 16.4 Å². The third kappa shape index (κ3) is 5.02. The molecule has 0 fully saturated rings. The molecule has 0 saturated carbocycles. The molecule has 0 aliphatic carbocycles. The molecule has 3 aromatic rings.